The molecule has 0 bridgehead atoms. The lowest BCUT2D eigenvalue weighted by atomic mass is 10.1. The Morgan fingerprint density at radius 3 is 2.45 bits per heavy atom. The van der Waals surface area contributed by atoms with Crippen LogP contribution in [0.5, 0.6) is 0 Å². The second-order valence-corrected chi connectivity index (χ2v) is 7.32. The summed E-state index contributed by atoms with van der Waals surface area (Å²) in [6.07, 6.45) is 0. The first-order valence-corrected chi connectivity index (χ1v) is 8.30. The number of hydrogen-bond acceptors (Lipinski definition) is 4. The molecule has 2 amide bonds. The smallest absolute Gasteiger partial charge is 0.247 e. The number of carbonyl (C=O) groups excluding carboxylic acids is 2. The van der Waals surface area contributed by atoms with E-state index in [1.54, 1.807) is 31.3 Å². The van der Waals surface area contributed by atoms with Crippen LogP contribution in [0.1, 0.15) is 5.56 Å². The Bertz CT molecular complexity index is 659. The quantitative estimate of drug-likeness (QED) is 0.764. The van der Waals surface area contributed by atoms with E-state index in [0.29, 0.717) is 11.3 Å². The third-order valence-corrected chi connectivity index (χ3v) is 3.99. The third kappa shape index (κ3) is 3.29. The van der Waals surface area contributed by atoms with Crippen LogP contribution in [0.2, 0.25) is 0 Å². The van der Waals surface area contributed by atoms with Crippen LogP contribution in [0.25, 0.3) is 0 Å². The summed E-state index contributed by atoms with van der Waals surface area (Å²) in [5, 5.41) is 0. The minimum atomic E-state index is -3.74. The highest BCUT2D eigenvalue weighted by Crippen LogP contribution is 2.25. The molecule has 0 saturated carbocycles. The molecule has 20 heavy (non-hydrogen) atoms. The number of rotatable bonds is 3. The molecule has 8 heteroatoms. The van der Waals surface area contributed by atoms with Gasteiger partial charge < -0.3 is 9.80 Å². The molecular formula is C12H13ClN2O4S. The van der Waals surface area contributed by atoms with Gasteiger partial charge in [0.2, 0.25) is 20.9 Å². The number of likely N-dealkylation sites (N-methyl/N-ethyl adjacent to an activating group) is 1. The van der Waals surface area contributed by atoms with Gasteiger partial charge in [0.25, 0.3) is 0 Å². The van der Waals surface area contributed by atoms with Crippen molar-refractivity contribution in [1.29, 1.82) is 0 Å². The van der Waals surface area contributed by atoms with Crippen molar-refractivity contribution in [3.8, 4) is 0 Å². The van der Waals surface area contributed by atoms with E-state index in [2.05, 4.69) is 0 Å². The van der Waals surface area contributed by atoms with E-state index in [0.717, 1.165) is 0 Å². The van der Waals surface area contributed by atoms with Gasteiger partial charge in [-0.05, 0) is 11.6 Å². The van der Waals surface area contributed by atoms with E-state index in [1.807, 2.05) is 0 Å². The molecule has 0 aliphatic carbocycles. The Morgan fingerprint density at radius 1 is 1.15 bits per heavy atom. The summed E-state index contributed by atoms with van der Waals surface area (Å²) in [6.45, 7) is -0.129. The summed E-state index contributed by atoms with van der Waals surface area (Å²) in [5.74, 6) is -0.849. The molecule has 108 valence electrons. The molecule has 1 aromatic rings. The molecule has 1 aliphatic rings. The topological polar surface area (TPSA) is 74.8 Å². The average molecular weight is 317 g/mol. The molecule has 0 unspecified atom stereocenters. The first-order valence-electron chi connectivity index (χ1n) is 5.82. The highest BCUT2D eigenvalue weighted by atomic mass is 35.7. The van der Waals surface area contributed by atoms with Crippen LogP contribution in [0.4, 0.5) is 5.69 Å². The zero-order chi connectivity index (χ0) is 14.9. The molecule has 1 fully saturated rings. The molecule has 0 atom stereocenters. The van der Waals surface area contributed by atoms with Crippen molar-refractivity contribution in [2.45, 2.75) is 5.75 Å². The van der Waals surface area contributed by atoms with Crippen LogP contribution in [0, 0.1) is 0 Å². The average Bonchev–Trinajstić information content (AvgIpc) is 2.33. The first-order chi connectivity index (χ1) is 9.28. The maximum Gasteiger partial charge on any atom is 0.247 e. The number of para-hydroxylation sites is 1. The van der Waals surface area contributed by atoms with Crippen molar-refractivity contribution in [2.75, 3.05) is 25.0 Å². The van der Waals surface area contributed by atoms with Gasteiger partial charge in [-0.3, -0.25) is 9.59 Å². The minimum Gasteiger partial charge on any atom is -0.335 e. The van der Waals surface area contributed by atoms with Crippen LogP contribution in [-0.2, 0) is 24.4 Å². The van der Waals surface area contributed by atoms with Crippen LogP contribution in [0.3, 0.4) is 0 Å². The molecule has 1 aromatic carbocycles. The van der Waals surface area contributed by atoms with Gasteiger partial charge in [-0.2, -0.15) is 0 Å². The molecular weight excluding hydrogens is 304 g/mol. The second-order valence-electron chi connectivity index (χ2n) is 4.54. The number of anilines is 1. The standard InChI is InChI=1S/C12H13ClN2O4S/c1-14-6-12(17)15(7-11(14)16)10-5-3-2-4-9(10)8-20(13,18)19/h2-5H,6-8H2,1H3. The summed E-state index contributed by atoms with van der Waals surface area (Å²) in [6, 6.07) is 6.51. The zero-order valence-corrected chi connectivity index (χ0v) is 12.3. The van der Waals surface area contributed by atoms with Gasteiger partial charge >= 0.3 is 0 Å². The molecule has 0 N–H and O–H groups in total. The van der Waals surface area contributed by atoms with E-state index >= 15 is 0 Å². The molecule has 6 nitrogen and oxygen atoms in total. The maximum absolute atomic E-state index is 12.0. The van der Waals surface area contributed by atoms with E-state index in [1.165, 1.54) is 9.80 Å². The Kier molecular flexibility index (Phi) is 4.01. The lowest BCUT2D eigenvalue weighted by Gasteiger charge is -2.32. The molecule has 0 spiro atoms. The SMILES string of the molecule is CN1CC(=O)N(c2ccccc2CS(=O)(=O)Cl)CC1=O. The van der Waals surface area contributed by atoms with Crippen molar-refractivity contribution in [3.63, 3.8) is 0 Å². The minimum absolute atomic E-state index is 0.0270. The van der Waals surface area contributed by atoms with E-state index in [9.17, 15) is 18.0 Å². The molecule has 0 aromatic heterocycles. The van der Waals surface area contributed by atoms with Crippen molar-refractivity contribution in [1.82, 2.24) is 4.90 Å². The van der Waals surface area contributed by atoms with Gasteiger partial charge in [-0.25, -0.2) is 8.42 Å². The Labute approximate surface area is 121 Å². The largest absolute Gasteiger partial charge is 0.335 e. The molecule has 2 rings (SSSR count). The lowest BCUT2D eigenvalue weighted by Crippen LogP contribution is -2.52. The summed E-state index contributed by atoms with van der Waals surface area (Å²) in [4.78, 5) is 26.4. The normalized spacial score (nSPS) is 16.7. The fourth-order valence-corrected chi connectivity index (χ4v) is 2.99. The van der Waals surface area contributed by atoms with Crippen LogP contribution >= 0.6 is 10.7 Å². The highest BCUT2D eigenvalue weighted by molar-refractivity contribution is 8.13. The zero-order valence-electron chi connectivity index (χ0n) is 10.7. The molecule has 1 aliphatic heterocycles. The Balaban J connectivity index is 2.37. The molecule has 1 heterocycles. The van der Waals surface area contributed by atoms with Crippen molar-refractivity contribution < 1.29 is 18.0 Å². The number of halogens is 1. The summed E-state index contributed by atoms with van der Waals surface area (Å²) in [7, 11) is 3.07. The maximum atomic E-state index is 12.0. The number of amides is 2. The van der Waals surface area contributed by atoms with Gasteiger partial charge in [0.05, 0.1) is 12.3 Å². The second kappa shape index (κ2) is 5.41. The Morgan fingerprint density at radius 2 is 1.80 bits per heavy atom. The first kappa shape index (κ1) is 14.8. The van der Waals surface area contributed by atoms with Gasteiger partial charge in [-0.1, -0.05) is 18.2 Å². The van der Waals surface area contributed by atoms with Gasteiger partial charge in [-0.15, -0.1) is 0 Å². The fraction of sp³-hybridized carbons (Fsp3) is 0.333. The van der Waals surface area contributed by atoms with Gasteiger partial charge in [0.15, 0.2) is 0 Å². The van der Waals surface area contributed by atoms with Crippen LogP contribution < -0.4 is 4.90 Å². The number of piperazine rings is 1. The summed E-state index contributed by atoms with van der Waals surface area (Å²) >= 11 is 0. The number of nitrogens with zero attached hydrogens (tertiary/aromatic N) is 2. The van der Waals surface area contributed by atoms with E-state index in [4.69, 9.17) is 10.7 Å². The van der Waals surface area contributed by atoms with Crippen molar-refractivity contribution in [3.05, 3.63) is 29.8 Å². The third-order valence-electron chi connectivity index (χ3n) is 3.00. The molecule has 1 saturated heterocycles. The summed E-state index contributed by atoms with van der Waals surface area (Å²) < 4.78 is 22.4. The van der Waals surface area contributed by atoms with Crippen molar-refractivity contribution >= 4 is 37.2 Å². The van der Waals surface area contributed by atoms with Gasteiger partial charge in [0, 0.05) is 23.4 Å². The predicted molar refractivity (Wildman–Crippen MR) is 74.9 cm³/mol. The number of benzene rings is 1. The monoisotopic (exact) mass is 316 g/mol. The van der Waals surface area contributed by atoms with E-state index < -0.39 is 14.8 Å². The van der Waals surface area contributed by atoms with Crippen LogP contribution in [-0.4, -0.2) is 45.3 Å². The number of hydrogen-bond donors (Lipinski definition) is 0. The Hall–Kier alpha value is -1.60. The lowest BCUT2D eigenvalue weighted by molar-refractivity contribution is -0.136. The van der Waals surface area contributed by atoms with Crippen LogP contribution in [0.15, 0.2) is 24.3 Å². The number of carbonyl (C=O) groups is 2. The fourth-order valence-electron chi connectivity index (χ4n) is 2.02. The van der Waals surface area contributed by atoms with E-state index in [-0.39, 0.29) is 24.9 Å². The van der Waals surface area contributed by atoms with Gasteiger partial charge in [0.1, 0.15) is 6.54 Å². The highest BCUT2D eigenvalue weighted by Gasteiger charge is 2.30. The molecule has 0 radical (unpaired) electrons. The van der Waals surface area contributed by atoms with Crippen molar-refractivity contribution in [2.24, 2.45) is 0 Å². The summed E-state index contributed by atoms with van der Waals surface area (Å²) in [5.41, 5.74) is 0.802. The predicted octanol–water partition coefficient (Wildman–Crippen LogP) is 0.560.